The second-order valence-corrected chi connectivity index (χ2v) is 7.82. The third-order valence-corrected chi connectivity index (χ3v) is 6.04. The normalized spacial score (nSPS) is 26.9. The summed E-state index contributed by atoms with van der Waals surface area (Å²) in [4.78, 5) is 0. The maximum atomic E-state index is 11.7. The topological polar surface area (TPSA) is 38.7 Å². The van der Waals surface area contributed by atoms with Gasteiger partial charge >= 0.3 is 6.65 Å². The van der Waals surface area contributed by atoms with E-state index < -0.39 is 6.65 Å². The molecule has 84 valence electrons. The maximum absolute atomic E-state index is 11.7. The van der Waals surface area contributed by atoms with Crippen molar-refractivity contribution in [2.45, 2.75) is 0 Å². The van der Waals surface area contributed by atoms with Gasteiger partial charge in [0.25, 0.3) is 0 Å². The van der Waals surface area contributed by atoms with Crippen molar-refractivity contribution in [3.8, 4) is 5.75 Å². The predicted octanol–water partition coefficient (Wildman–Crippen LogP) is 4.64. The van der Waals surface area contributed by atoms with Gasteiger partial charge in [0.1, 0.15) is 16.7 Å². The number of nitrogens with zero attached hydrogens (tertiary/aromatic N) is 1. The lowest BCUT2D eigenvalue weighted by molar-refractivity contribution is 0.481. The molecule has 1 aliphatic heterocycles. The minimum absolute atomic E-state index is 0.168. The van der Waals surface area contributed by atoms with Crippen LogP contribution in [0, 0.1) is 0 Å². The van der Waals surface area contributed by atoms with Gasteiger partial charge in [-0.1, -0.05) is 29.8 Å². The van der Waals surface area contributed by atoms with Gasteiger partial charge in [0, 0.05) is 0 Å². The third kappa shape index (κ3) is 2.83. The molecule has 0 bridgehead atoms. The lowest BCUT2D eigenvalue weighted by Crippen LogP contribution is -1.82. The first-order chi connectivity index (χ1) is 7.58. The Balaban J connectivity index is 2.14. The molecule has 2 rings (SSSR count). The minimum Gasteiger partial charge on any atom is -0.464 e. The lowest BCUT2D eigenvalue weighted by Gasteiger charge is -2.02. The number of para-hydroxylation sites is 1. The van der Waals surface area contributed by atoms with E-state index in [0.29, 0.717) is 10.4 Å². The van der Waals surface area contributed by atoms with Crippen LogP contribution in [0.5, 0.6) is 5.75 Å². The standard InChI is InChI=1S/C9H6Cl2NO2PS/c10-9-12-15(11,13)8(16-9)6-14-7-4-2-1-3-5-7/h1-6H/b8-6+. The predicted molar refractivity (Wildman–Crippen MR) is 69.5 cm³/mol. The van der Waals surface area contributed by atoms with Gasteiger partial charge in [-0.15, -0.1) is 0 Å². The summed E-state index contributed by atoms with van der Waals surface area (Å²) in [6, 6.07) is 9.09. The molecule has 7 heteroatoms. The van der Waals surface area contributed by atoms with Crippen LogP contribution in [0.2, 0.25) is 0 Å². The number of benzene rings is 1. The number of ether oxygens (including phenoxy) is 1. The Morgan fingerprint density at radius 2 is 2.06 bits per heavy atom. The SMILES string of the molecule is O=P1(Cl)N=C(Cl)S/C1=C/Oc1ccccc1. The van der Waals surface area contributed by atoms with Gasteiger partial charge in [-0.2, -0.15) is 4.76 Å². The summed E-state index contributed by atoms with van der Waals surface area (Å²) in [6.07, 6.45) is 1.33. The van der Waals surface area contributed by atoms with Gasteiger partial charge < -0.3 is 4.74 Å². The van der Waals surface area contributed by atoms with Crippen LogP contribution in [0.25, 0.3) is 0 Å². The number of rotatable bonds is 2. The molecule has 1 unspecified atom stereocenters. The number of hydrogen-bond donors (Lipinski definition) is 0. The highest BCUT2D eigenvalue weighted by atomic mass is 35.7. The Labute approximate surface area is 107 Å². The highest BCUT2D eigenvalue weighted by Crippen LogP contribution is 2.69. The monoisotopic (exact) mass is 293 g/mol. The molecule has 1 atom stereocenters. The van der Waals surface area contributed by atoms with Crippen LogP contribution in [0.3, 0.4) is 0 Å². The van der Waals surface area contributed by atoms with Crippen molar-refractivity contribution in [2.24, 2.45) is 4.76 Å². The van der Waals surface area contributed by atoms with Crippen molar-refractivity contribution in [3.05, 3.63) is 41.2 Å². The van der Waals surface area contributed by atoms with Crippen molar-refractivity contribution < 1.29 is 9.30 Å². The molecule has 0 spiro atoms. The molecule has 3 nitrogen and oxygen atoms in total. The van der Waals surface area contributed by atoms with E-state index in [0.717, 1.165) is 11.8 Å². The van der Waals surface area contributed by atoms with Gasteiger partial charge in [-0.25, -0.2) is 0 Å². The largest absolute Gasteiger partial charge is 0.464 e. The van der Waals surface area contributed by atoms with Crippen LogP contribution >= 0.6 is 41.2 Å². The summed E-state index contributed by atoms with van der Waals surface area (Å²) in [5, 5.41) is 0. The van der Waals surface area contributed by atoms with E-state index in [1.165, 1.54) is 6.26 Å². The Kier molecular flexibility index (Phi) is 3.65. The molecule has 1 aliphatic rings. The van der Waals surface area contributed by atoms with E-state index in [1.807, 2.05) is 18.2 Å². The number of hydrogen-bond acceptors (Lipinski definition) is 3. The van der Waals surface area contributed by atoms with Gasteiger partial charge in [-0.3, -0.25) is 4.57 Å². The van der Waals surface area contributed by atoms with Crippen LogP contribution < -0.4 is 4.74 Å². The molecule has 16 heavy (non-hydrogen) atoms. The molecule has 1 aromatic carbocycles. The second kappa shape index (κ2) is 4.84. The van der Waals surface area contributed by atoms with Crippen LogP contribution in [0.15, 0.2) is 46.0 Å². The molecule has 0 saturated carbocycles. The van der Waals surface area contributed by atoms with Gasteiger partial charge in [-0.05, 0) is 35.1 Å². The van der Waals surface area contributed by atoms with Gasteiger partial charge in [0.2, 0.25) is 0 Å². The Bertz CT molecular complexity index is 503. The molecule has 0 radical (unpaired) electrons. The van der Waals surface area contributed by atoms with Crippen molar-refractivity contribution in [2.75, 3.05) is 0 Å². The molecule has 0 N–H and O–H groups in total. The summed E-state index contributed by atoms with van der Waals surface area (Å²) in [7, 11) is 0. The average Bonchev–Trinajstić information content (AvgIpc) is 2.50. The fraction of sp³-hybridized carbons (Fsp3) is 0. The zero-order valence-corrected chi connectivity index (χ0v) is 11.1. The number of halogens is 2. The minimum atomic E-state index is -3.22. The van der Waals surface area contributed by atoms with Crippen LogP contribution in [0.4, 0.5) is 0 Å². The lowest BCUT2D eigenvalue weighted by atomic mass is 10.3. The van der Waals surface area contributed by atoms with E-state index in [-0.39, 0.29) is 4.50 Å². The highest BCUT2D eigenvalue weighted by Gasteiger charge is 2.33. The van der Waals surface area contributed by atoms with Gasteiger partial charge in [0.05, 0.1) is 0 Å². The van der Waals surface area contributed by atoms with Crippen LogP contribution in [-0.2, 0) is 4.57 Å². The number of thioether (sulfide) groups is 1. The van der Waals surface area contributed by atoms with E-state index in [9.17, 15) is 4.57 Å². The molecule has 0 saturated heterocycles. The first-order valence-corrected chi connectivity index (χ1v) is 7.99. The second-order valence-electron chi connectivity index (χ2n) is 2.84. The highest BCUT2D eigenvalue weighted by molar-refractivity contribution is 8.30. The summed E-state index contributed by atoms with van der Waals surface area (Å²) < 4.78 is 21.1. The smallest absolute Gasteiger partial charge is 0.316 e. The Morgan fingerprint density at radius 1 is 1.38 bits per heavy atom. The van der Waals surface area contributed by atoms with Crippen molar-refractivity contribution in [1.82, 2.24) is 0 Å². The zero-order valence-electron chi connectivity index (χ0n) is 7.84. The Morgan fingerprint density at radius 3 is 2.62 bits per heavy atom. The average molecular weight is 294 g/mol. The molecule has 1 aromatic rings. The maximum Gasteiger partial charge on any atom is 0.316 e. The van der Waals surface area contributed by atoms with Crippen molar-refractivity contribution in [3.63, 3.8) is 0 Å². The fourth-order valence-electron chi connectivity index (χ4n) is 1.02. The molecule has 0 fully saturated rings. The quantitative estimate of drug-likeness (QED) is 0.589. The molecule has 0 aromatic heterocycles. The molecular weight excluding hydrogens is 288 g/mol. The summed E-state index contributed by atoms with van der Waals surface area (Å²) >= 11 is 12.4. The molecule has 0 aliphatic carbocycles. The van der Waals surface area contributed by atoms with E-state index >= 15 is 0 Å². The van der Waals surface area contributed by atoms with E-state index in [4.69, 9.17) is 27.6 Å². The Hall–Kier alpha value is -0.410. The third-order valence-electron chi connectivity index (χ3n) is 1.71. The first-order valence-electron chi connectivity index (χ1n) is 4.24. The molecule has 0 amide bonds. The van der Waals surface area contributed by atoms with Crippen molar-refractivity contribution >= 4 is 45.8 Å². The van der Waals surface area contributed by atoms with E-state index in [2.05, 4.69) is 4.76 Å². The zero-order chi connectivity index (χ0) is 11.6. The van der Waals surface area contributed by atoms with Gasteiger partial charge in [0.15, 0.2) is 4.50 Å². The summed E-state index contributed by atoms with van der Waals surface area (Å²) in [6.45, 7) is -3.22. The summed E-state index contributed by atoms with van der Waals surface area (Å²) in [5.41, 5.74) is 0. The van der Waals surface area contributed by atoms with Crippen LogP contribution in [-0.4, -0.2) is 4.50 Å². The molecular formula is C9H6Cl2NO2PS. The first kappa shape index (κ1) is 12.1. The fourth-order valence-corrected chi connectivity index (χ4v) is 4.75. The van der Waals surface area contributed by atoms with Crippen LogP contribution in [0.1, 0.15) is 0 Å². The summed E-state index contributed by atoms with van der Waals surface area (Å²) in [5.74, 6) is 0.635. The van der Waals surface area contributed by atoms with E-state index in [1.54, 1.807) is 12.1 Å². The molecule has 1 heterocycles. The van der Waals surface area contributed by atoms with Crippen molar-refractivity contribution in [1.29, 1.82) is 0 Å².